The lowest BCUT2D eigenvalue weighted by atomic mass is 9.75. The third-order valence-electron chi connectivity index (χ3n) is 10.1. The molecule has 1 fully saturated rings. The molecule has 0 radical (unpaired) electrons. The van der Waals surface area contributed by atoms with Gasteiger partial charge in [0.15, 0.2) is 0 Å². The second-order valence-corrected chi connectivity index (χ2v) is 14.1. The number of benzene rings is 3. The van der Waals surface area contributed by atoms with Crippen LogP contribution >= 0.6 is 23.2 Å². The second kappa shape index (κ2) is 15.2. The van der Waals surface area contributed by atoms with Gasteiger partial charge in [-0.3, -0.25) is 19.2 Å². The standard InChI is InChI=1S/C37H40Cl2F3N5O4/c1-44(32(49)23-37(40,41)42)24-36(26-13-14-29(38)30(39)22-26,46(3)34(51)33(50)45(2)27-10-5-4-6-11-27)17-20-47-18-15-35(16-19-47)28-12-8-7-9-25(28)21-31(48)43-35/h4-14,22H,15-21,23-24H2,1-3H3,(H,43,48)/t36-/m1/s1. The molecule has 0 aromatic heterocycles. The maximum atomic E-state index is 14.1. The first-order valence-electron chi connectivity index (χ1n) is 16.5. The number of nitrogens with one attached hydrogen (secondary N) is 1. The molecule has 2 aliphatic rings. The number of piperidine rings is 1. The predicted octanol–water partition coefficient (Wildman–Crippen LogP) is 5.77. The van der Waals surface area contributed by atoms with E-state index in [1.165, 1.54) is 43.1 Å². The van der Waals surface area contributed by atoms with E-state index in [4.69, 9.17) is 23.2 Å². The Hall–Kier alpha value is -4.13. The number of alkyl halides is 3. The van der Waals surface area contributed by atoms with Crippen LogP contribution in [0.3, 0.4) is 0 Å². The maximum Gasteiger partial charge on any atom is 0.397 e. The number of rotatable bonds is 9. The van der Waals surface area contributed by atoms with E-state index in [0.29, 0.717) is 50.1 Å². The molecule has 0 bridgehead atoms. The van der Waals surface area contributed by atoms with Crippen molar-refractivity contribution in [3.63, 3.8) is 0 Å². The summed E-state index contributed by atoms with van der Waals surface area (Å²) in [5.41, 5.74) is 0.858. The Balaban J connectivity index is 1.49. The van der Waals surface area contributed by atoms with Crippen LogP contribution in [0.2, 0.25) is 10.0 Å². The van der Waals surface area contributed by atoms with Crippen LogP contribution in [0, 0.1) is 0 Å². The normalized spacial score (nSPS) is 16.8. The van der Waals surface area contributed by atoms with Gasteiger partial charge >= 0.3 is 18.0 Å². The molecule has 3 aromatic rings. The molecule has 3 aromatic carbocycles. The van der Waals surface area contributed by atoms with Gasteiger partial charge < -0.3 is 24.9 Å². The van der Waals surface area contributed by atoms with Crippen molar-refractivity contribution < 1.29 is 32.3 Å². The summed E-state index contributed by atoms with van der Waals surface area (Å²) in [5, 5.41) is 3.56. The van der Waals surface area contributed by atoms with Crippen LogP contribution in [0.1, 0.15) is 42.4 Å². The topological polar surface area (TPSA) is 93.3 Å². The van der Waals surface area contributed by atoms with Crippen LogP contribution in [-0.2, 0) is 36.7 Å². The number of likely N-dealkylation sites (N-methyl/N-ethyl adjacent to an activating group) is 3. The van der Waals surface area contributed by atoms with Crippen molar-refractivity contribution >= 4 is 52.5 Å². The van der Waals surface area contributed by atoms with Gasteiger partial charge in [-0.2, -0.15) is 13.2 Å². The fourth-order valence-corrected chi connectivity index (χ4v) is 7.49. The minimum absolute atomic E-state index is 0.0439. The van der Waals surface area contributed by atoms with E-state index in [-0.39, 0.29) is 28.9 Å². The lowest BCUT2D eigenvalue weighted by Gasteiger charge is -2.48. The highest BCUT2D eigenvalue weighted by Crippen LogP contribution is 2.40. The highest BCUT2D eigenvalue weighted by molar-refractivity contribution is 6.42. The molecule has 0 saturated carbocycles. The van der Waals surface area contributed by atoms with Crippen molar-refractivity contribution in [3.05, 3.63) is 99.5 Å². The largest absolute Gasteiger partial charge is 0.397 e. The van der Waals surface area contributed by atoms with E-state index in [1.54, 1.807) is 36.4 Å². The Labute approximate surface area is 305 Å². The number of amides is 4. The molecule has 0 unspecified atom stereocenters. The fourth-order valence-electron chi connectivity index (χ4n) is 7.19. The third kappa shape index (κ3) is 8.34. The zero-order valence-corrected chi connectivity index (χ0v) is 30.1. The number of carbonyl (C=O) groups excluding carboxylic acids is 4. The highest BCUT2D eigenvalue weighted by Gasteiger charge is 2.46. The van der Waals surface area contributed by atoms with E-state index in [1.807, 2.05) is 24.3 Å². The molecule has 1 saturated heterocycles. The minimum Gasteiger partial charge on any atom is -0.346 e. The van der Waals surface area contributed by atoms with E-state index in [0.717, 1.165) is 16.0 Å². The fraction of sp³-hybridized carbons (Fsp3) is 0.405. The second-order valence-electron chi connectivity index (χ2n) is 13.3. The number of nitrogens with zero attached hydrogens (tertiary/aromatic N) is 4. The molecule has 2 heterocycles. The zero-order valence-electron chi connectivity index (χ0n) is 28.6. The van der Waals surface area contributed by atoms with Gasteiger partial charge in [-0.1, -0.05) is 71.7 Å². The summed E-state index contributed by atoms with van der Waals surface area (Å²) in [6.45, 7) is 1.06. The first-order valence-corrected chi connectivity index (χ1v) is 17.3. The van der Waals surface area contributed by atoms with Crippen LogP contribution < -0.4 is 10.2 Å². The van der Waals surface area contributed by atoms with Crippen molar-refractivity contribution in [2.45, 2.75) is 49.4 Å². The van der Waals surface area contributed by atoms with Crippen LogP contribution in [0.5, 0.6) is 0 Å². The number of carbonyl (C=O) groups is 4. The number of hydrogen-bond donors (Lipinski definition) is 1. The molecule has 1 spiro atoms. The Morgan fingerprint density at radius 3 is 2.18 bits per heavy atom. The van der Waals surface area contributed by atoms with Gasteiger partial charge in [-0.15, -0.1) is 0 Å². The molecule has 4 amide bonds. The smallest absolute Gasteiger partial charge is 0.346 e. The summed E-state index contributed by atoms with van der Waals surface area (Å²) in [6.07, 6.45) is -4.83. The molecule has 272 valence electrons. The lowest BCUT2D eigenvalue weighted by Crippen LogP contribution is -2.59. The molecule has 0 aliphatic carbocycles. The third-order valence-corrected chi connectivity index (χ3v) is 10.9. The molecular formula is C37H40Cl2F3N5O4. The molecule has 1 N–H and O–H groups in total. The molecule has 51 heavy (non-hydrogen) atoms. The molecule has 9 nitrogen and oxygen atoms in total. The van der Waals surface area contributed by atoms with Gasteiger partial charge in [0.25, 0.3) is 0 Å². The molecule has 1 atom stereocenters. The van der Waals surface area contributed by atoms with Gasteiger partial charge in [0, 0.05) is 53.0 Å². The van der Waals surface area contributed by atoms with E-state index < -0.39 is 41.4 Å². The average Bonchev–Trinajstić information content (AvgIpc) is 3.10. The number of anilines is 1. The number of likely N-dealkylation sites (tertiary alicyclic amines) is 1. The SMILES string of the molecule is CN(C[C@](CCN1CCC2(CC1)NC(=O)Cc1ccccc12)(c1ccc(Cl)c(Cl)c1)N(C)C(=O)C(=O)N(C)c1ccccc1)C(=O)CC(F)(F)F. The predicted molar refractivity (Wildman–Crippen MR) is 189 cm³/mol. The monoisotopic (exact) mass is 745 g/mol. The van der Waals surface area contributed by atoms with E-state index in [2.05, 4.69) is 10.2 Å². The van der Waals surface area contributed by atoms with Crippen molar-refractivity contribution in [2.24, 2.45) is 0 Å². The molecule has 14 heteroatoms. The molecule has 2 aliphatic heterocycles. The first-order chi connectivity index (χ1) is 24.0. The Morgan fingerprint density at radius 2 is 1.53 bits per heavy atom. The maximum absolute atomic E-state index is 14.1. The van der Waals surface area contributed by atoms with Gasteiger partial charge in [0.1, 0.15) is 6.42 Å². The lowest BCUT2D eigenvalue weighted by molar-refractivity contribution is -0.163. The quantitative estimate of drug-likeness (QED) is 0.281. The summed E-state index contributed by atoms with van der Waals surface area (Å²) in [5.74, 6) is -3.07. The van der Waals surface area contributed by atoms with Crippen LogP contribution in [0.25, 0.3) is 0 Å². The first kappa shape index (κ1) is 38.1. The van der Waals surface area contributed by atoms with Crippen molar-refractivity contribution in [1.29, 1.82) is 0 Å². The van der Waals surface area contributed by atoms with Gasteiger partial charge in [0.05, 0.1) is 27.5 Å². The van der Waals surface area contributed by atoms with Crippen LogP contribution in [0.4, 0.5) is 18.9 Å². The summed E-state index contributed by atoms with van der Waals surface area (Å²) in [4.78, 5) is 59.0. The number of halogens is 5. The molecule has 5 rings (SSSR count). The average molecular weight is 747 g/mol. The minimum atomic E-state index is -4.76. The van der Waals surface area contributed by atoms with Crippen molar-refractivity contribution in [3.8, 4) is 0 Å². The number of fused-ring (bicyclic) bond motifs is 2. The summed E-state index contributed by atoms with van der Waals surface area (Å²) < 4.78 is 40.2. The Kier molecular flexibility index (Phi) is 11.4. The van der Waals surface area contributed by atoms with E-state index in [9.17, 15) is 32.3 Å². The van der Waals surface area contributed by atoms with Crippen LogP contribution in [-0.4, -0.2) is 91.8 Å². The van der Waals surface area contributed by atoms with Gasteiger partial charge in [0.2, 0.25) is 11.8 Å². The number of para-hydroxylation sites is 1. The molecular weight excluding hydrogens is 706 g/mol. The summed E-state index contributed by atoms with van der Waals surface area (Å²) in [7, 11) is 4.10. The van der Waals surface area contributed by atoms with Gasteiger partial charge in [-0.25, -0.2) is 0 Å². The highest BCUT2D eigenvalue weighted by atomic mass is 35.5. The summed E-state index contributed by atoms with van der Waals surface area (Å²) in [6, 6.07) is 21.0. The van der Waals surface area contributed by atoms with Crippen LogP contribution in [0.15, 0.2) is 72.8 Å². The Morgan fingerprint density at radius 1 is 0.882 bits per heavy atom. The van der Waals surface area contributed by atoms with E-state index >= 15 is 0 Å². The van der Waals surface area contributed by atoms with Crippen molar-refractivity contribution in [2.75, 3.05) is 52.2 Å². The Bertz CT molecular complexity index is 1790. The van der Waals surface area contributed by atoms with Crippen molar-refractivity contribution in [1.82, 2.24) is 20.0 Å². The van der Waals surface area contributed by atoms with Gasteiger partial charge in [-0.05, 0) is 60.2 Å². The zero-order chi connectivity index (χ0) is 37.1. The summed E-state index contributed by atoms with van der Waals surface area (Å²) >= 11 is 12.8. The number of hydrogen-bond acceptors (Lipinski definition) is 5.